The Balaban J connectivity index is 2.07. The molecule has 1 heterocycles. The predicted octanol–water partition coefficient (Wildman–Crippen LogP) is 1.25. The summed E-state index contributed by atoms with van der Waals surface area (Å²) in [5.74, 6) is 2.10. The Kier molecular flexibility index (Phi) is 2.44. The van der Waals surface area contributed by atoms with Crippen LogP contribution in [0, 0.1) is 16.7 Å². The highest BCUT2D eigenvalue weighted by atomic mass is 32.2. The Bertz CT molecular complexity index is 293. The van der Waals surface area contributed by atoms with Gasteiger partial charge >= 0.3 is 0 Å². The minimum absolute atomic E-state index is 0.0767. The monoisotopic (exact) mass is 210 g/mol. The second-order valence-electron chi connectivity index (χ2n) is 4.12. The first-order chi connectivity index (χ1) is 6.69. The summed E-state index contributed by atoms with van der Waals surface area (Å²) in [5, 5.41) is 8.94. The fraction of sp³-hybridized carbons (Fsp3) is 0.800. The first-order valence-corrected chi connectivity index (χ1v) is 6.15. The minimum Gasteiger partial charge on any atom is -0.337 e. The van der Waals surface area contributed by atoms with E-state index >= 15 is 0 Å². The van der Waals surface area contributed by atoms with E-state index in [-0.39, 0.29) is 5.91 Å². The zero-order valence-electron chi connectivity index (χ0n) is 8.32. The Hall–Kier alpha value is -0.690. The molecular weight excluding hydrogens is 196 g/mol. The van der Waals surface area contributed by atoms with Crippen molar-refractivity contribution in [2.24, 2.45) is 5.41 Å². The van der Waals surface area contributed by atoms with E-state index in [1.807, 2.05) is 16.7 Å². The van der Waals surface area contributed by atoms with Crippen LogP contribution in [-0.2, 0) is 4.79 Å². The van der Waals surface area contributed by atoms with Gasteiger partial charge in [0.15, 0.2) is 0 Å². The Morgan fingerprint density at radius 1 is 1.64 bits per heavy atom. The van der Waals surface area contributed by atoms with Gasteiger partial charge in [0, 0.05) is 24.1 Å². The van der Waals surface area contributed by atoms with Crippen LogP contribution in [0.2, 0.25) is 0 Å². The van der Waals surface area contributed by atoms with Crippen LogP contribution in [0.15, 0.2) is 0 Å². The zero-order valence-corrected chi connectivity index (χ0v) is 9.14. The van der Waals surface area contributed by atoms with E-state index in [0.717, 1.165) is 30.9 Å². The lowest BCUT2D eigenvalue weighted by atomic mass is 10.1. The van der Waals surface area contributed by atoms with E-state index in [4.69, 9.17) is 5.26 Å². The summed E-state index contributed by atoms with van der Waals surface area (Å²) in [6.45, 7) is 2.88. The van der Waals surface area contributed by atoms with E-state index in [9.17, 15) is 4.79 Å². The molecule has 2 aliphatic rings. The summed E-state index contributed by atoms with van der Waals surface area (Å²) in [5.41, 5.74) is -0.629. The van der Waals surface area contributed by atoms with Crippen molar-refractivity contribution >= 4 is 17.7 Å². The molecule has 0 aromatic heterocycles. The molecule has 1 aliphatic carbocycles. The highest BCUT2D eigenvalue weighted by molar-refractivity contribution is 7.99. The molecule has 1 saturated heterocycles. The van der Waals surface area contributed by atoms with Gasteiger partial charge in [-0.2, -0.15) is 17.0 Å². The molecule has 4 heteroatoms. The topological polar surface area (TPSA) is 44.1 Å². The first-order valence-electron chi connectivity index (χ1n) is 5.00. The third kappa shape index (κ3) is 1.50. The average Bonchev–Trinajstić information content (AvgIpc) is 2.98. The number of nitrogens with zero attached hydrogens (tertiary/aromatic N) is 2. The smallest absolute Gasteiger partial charge is 0.243 e. The van der Waals surface area contributed by atoms with Gasteiger partial charge in [-0.15, -0.1) is 0 Å². The lowest BCUT2D eigenvalue weighted by Crippen LogP contribution is -2.47. The number of hydrogen-bond donors (Lipinski definition) is 0. The summed E-state index contributed by atoms with van der Waals surface area (Å²) in [7, 11) is 0. The van der Waals surface area contributed by atoms with Crippen LogP contribution in [0.3, 0.4) is 0 Å². The molecule has 1 unspecified atom stereocenters. The lowest BCUT2D eigenvalue weighted by molar-refractivity contribution is -0.136. The van der Waals surface area contributed by atoms with Gasteiger partial charge in [-0.1, -0.05) is 0 Å². The molecule has 2 fully saturated rings. The largest absolute Gasteiger partial charge is 0.337 e. The molecule has 1 amide bonds. The maximum absolute atomic E-state index is 12.0. The summed E-state index contributed by atoms with van der Waals surface area (Å²) < 4.78 is 0. The van der Waals surface area contributed by atoms with Gasteiger partial charge in [-0.25, -0.2) is 0 Å². The van der Waals surface area contributed by atoms with Gasteiger partial charge in [0.05, 0.1) is 6.07 Å². The Labute approximate surface area is 88.4 Å². The van der Waals surface area contributed by atoms with Gasteiger partial charge in [0.1, 0.15) is 5.41 Å². The highest BCUT2D eigenvalue weighted by Crippen LogP contribution is 2.47. The Morgan fingerprint density at radius 3 is 2.86 bits per heavy atom. The molecule has 3 nitrogen and oxygen atoms in total. The van der Waals surface area contributed by atoms with E-state index in [0.29, 0.717) is 6.04 Å². The molecule has 76 valence electrons. The minimum atomic E-state index is -0.629. The summed E-state index contributed by atoms with van der Waals surface area (Å²) in [6.07, 6.45) is 1.53. The maximum atomic E-state index is 12.0. The van der Waals surface area contributed by atoms with Crippen molar-refractivity contribution in [2.45, 2.75) is 25.8 Å². The predicted molar refractivity (Wildman–Crippen MR) is 55.8 cm³/mol. The third-order valence-electron chi connectivity index (χ3n) is 3.00. The van der Waals surface area contributed by atoms with Crippen LogP contribution in [0.5, 0.6) is 0 Å². The standard InChI is InChI=1S/C10H14N2OS/c1-8-6-14-5-4-12(8)9(13)10(7-11)2-3-10/h8H,2-6H2,1H3. The van der Waals surface area contributed by atoms with E-state index in [2.05, 4.69) is 13.0 Å². The molecular formula is C10H14N2OS. The average molecular weight is 210 g/mol. The summed E-state index contributed by atoms with van der Waals surface area (Å²) in [6, 6.07) is 2.47. The van der Waals surface area contributed by atoms with Gasteiger partial charge in [0.25, 0.3) is 0 Å². The SMILES string of the molecule is CC1CSCCN1C(=O)C1(C#N)CC1. The van der Waals surface area contributed by atoms with Gasteiger partial charge in [-0.3, -0.25) is 4.79 Å². The molecule has 1 saturated carbocycles. The molecule has 0 radical (unpaired) electrons. The van der Waals surface area contributed by atoms with E-state index in [1.165, 1.54) is 0 Å². The van der Waals surface area contributed by atoms with Crippen LogP contribution in [0.4, 0.5) is 0 Å². The molecule has 1 aliphatic heterocycles. The number of rotatable bonds is 1. The number of amides is 1. The third-order valence-corrected chi connectivity index (χ3v) is 4.19. The normalized spacial score (nSPS) is 29.4. The van der Waals surface area contributed by atoms with Crippen molar-refractivity contribution in [2.75, 3.05) is 18.1 Å². The number of carbonyl (C=O) groups is 1. The van der Waals surface area contributed by atoms with Crippen LogP contribution < -0.4 is 0 Å². The second kappa shape index (κ2) is 3.47. The zero-order chi connectivity index (χ0) is 10.2. The molecule has 0 aromatic rings. The lowest BCUT2D eigenvalue weighted by Gasteiger charge is -2.34. The van der Waals surface area contributed by atoms with Crippen LogP contribution in [0.1, 0.15) is 19.8 Å². The second-order valence-corrected chi connectivity index (χ2v) is 5.27. The Morgan fingerprint density at radius 2 is 2.36 bits per heavy atom. The quantitative estimate of drug-likeness (QED) is 0.654. The first kappa shape index (κ1) is 9.85. The molecule has 0 N–H and O–H groups in total. The number of hydrogen-bond acceptors (Lipinski definition) is 3. The van der Waals surface area contributed by atoms with E-state index in [1.54, 1.807) is 0 Å². The number of carbonyl (C=O) groups excluding carboxylic acids is 1. The number of thioether (sulfide) groups is 1. The van der Waals surface area contributed by atoms with Crippen LogP contribution in [-0.4, -0.2) is 34.9 Å². The van der Waals surface area contributed by atoms with Gasteiger partial charge < -0.3 is 4.90 Å². The van der Waals surface area contributed by atoms with Crippen molar-refractivity contribution in [3.8, 4) is 6.07 Å². The maximum Gasteiger partial charge on any atom is 0.243 e. The van der Waals surface area contributed by atoms with Crippen LogP contribution in [0.25, 0.3) is 0 Å². The molecule has 1 atom stereocenters. The van der Waals surface area contributed by atoms with Gasteiger partial charge in [-0.05, 0) is 19.8 Å². The van der Waals surface area contributed by atoms with Crippen molar-refractivity contribution in [3.63, 3.8) is 0 Å². The number of nitriles is 1. The fourth-order valence-electron chi connectivity index (χ4n) is 1.80. The van der Waals surface area contributed by atoms with Crippen molar-refractivity contribution in [1.82, 2.24) is 4.90 Å². The van der Waals surface area contributed by atoms with E-state index < -0.39 is 5.41 Å². The summed E-state index contributed by atoms with van der Waals surface area (Å²) in [4.78, 5) is 13.9. The molecule has 0 aromatic carbocycles. The molecule has 0 bridgehead atoms. The summed E-state index contributed by atoms with van der Waals surface area (Å²) >= 11 is 1.89. The van der Waals surface area contributed by atoms with Crippen LogP contribution >= 0.6 is 11.8 Å². The highest BCUT2D eigenvalue weighted by Gasteiger charge is 2.53. The molecule has 2 rings (SSSR count). The fourth-order valence-corrected chi connectivity index (χ4v) is 2.82. The van der Waals surface area contributed by atoms with Crippen molar-refractivity contribution in [1.29, 1.82) is 5.26 Å². The van der Waals surface area contributed by atoms with Gasteiger partial charge in [0.2, 0.25) is 5.91 Å². The van der Waals surface area contributed by atoms with Crippen molar-refractivity contribution in [3.05, 3.63) is 0 Å². The molecule has 14 heavy (non-hydrogen) atoms. The molecule has 0 spiro atoms. The van der Waals surface area contributed by atoms with Crippen molar-refractivity contribution < 1.29 is 4.79 Å².